The molecule has 0 atom stereocenters. The molecule has 1 fully saturated rings. The molecule has 0 aliphatic carbocycles. The SMILES string of the molecule is C=C(CC)OC(=NC)c1c(O)c(-c2c(OC)cccc2OC)c(CCCC)[nH]c1=O.O=C1CNC(=O)C1. The summed E-state index contributed by atoms with van der Waals surface area (Å²) in [5.74, 6) is 1.05. The highest BCUT2D eigenvalue weighted by molar-refractivity contribution is 6.05. The van der Waals surface area contributed by atoms with Crippen molar-refractivity contribution in [2.45, 2.75) is 46.0 Å². The number of pyridine rings is 1. The second-order valence-electron chi connectivity index (χ2n) is 8.19. The van der Waals surface area contributed by atoms with Crippen LogP contribution in [0.4, 0.5) is 0 Å². The second kappa shape index (κ2) is 13.9. The molecule has 200 valence electrons. The number of rotatable bonds is 9. The summed E-state index contributed by atoms with van der Waals surface area (Å²) < 4.78 is 16.7. The summed E-state index contributed by atoms with van der Waals surface area (Å²) in [6.07, 6.45) is 2.95. The zero-order chi connectivity index (χ0) is 27.5. The van der Waals surface area contributed by atoms with Crippen molar-refractivity contribution in [3.05, 3.63) is 52.1 Å². The second-order valence-corrected chi connectivity index (χ2v) is 8.19. The lowest BCUT2D eigenvalue weighted by molar-refractivity contribution is -0.122. The molecule has 2 aromatic rings. The Labute approximate surface area is 216 Å². The fourth-order valence-corrected chi connectivity index (χ4v) is 3.66. The number of carbonyl (C=O) groups excluding carboxylic acids is 2. The van der Waals surface area contributed by atoms with Gasteiger partial charge in [-0.05, 0) is 25.0 Å². The van der Waals surface area contributed by atoms with Crippen molar-refractivity contribution in [2.75, 3.05) is 27.8 Å². The van der Waals surface area contributed by atoms with Crippen LogP contribution in [0.2, 0.25) is 0 Å². The van der Waals surface area contributed by atoms with Crippen LogP contribution in [0.1, 0.15) is 50.8 Å². The Balaban J connectivity index is 0.000000591. The summed E-state index contributed by atoms with van der Waals surface area (Å²) in [5.41, 5.74) is 1.03. The number of aryl methyl sites for hydroxylation is 1. The summed E-state index contributed by atoms with van der Waals surface area (Å²) >= 11 is 0. The number of benzene rings is 1. The van der Waals surface area contributed by atoms with Crippen molar-refractivity contribution in [1.29, 1.82) is 0 Å². The van der Waals surface area contributed by atoms with E-state index in [1.54, 1.807) is 32.4 Å². The third kappa shape index (κ3) is 7.22. The Bertz CT molecular complexity index is 1190. The van der Waals surface area contributed by atoms with E-state index in [0.29, 0.717) is 46.9 Å². The van der Waals surface area contributed by atoms with Gasteiger partial charge in [-0.2, -0.15) is 0 Å². The molecule has 0 saturated carbocycles. The van der Waals surface area contributed by atoms with E-state index in [4.69, 9.17) is 14.2 Å². The minimum atomic E-state index is -0.485. The number of amides is 1. The molecule has 1 aliphatic heterocycles. The summed E-state index contributed by atoms with van der Waals surface area (Å²) in [5, 5.41) is 13.7. The van der Waals surface area contributed by atoms with Gasteiger partial charge in [0.15, 0.2) is 5.78 Å². The van der Waals surface area contributed by atoms with Gasteiger partial charge in [-0.1, -0.05) is 32.9 Å². The standard InChI is InChI=1S/C23H30N2O5.C4H5NO2/c1-7-9-11-15-18(19-16(28-5)12-10-13-17(19)29-6)21(26)20(22(27)25-15)23(24-4)30-14(3)8-2;6-3-1-4(7)5-2-3/h10,12-13H,3,7-9,11H2,1-2,4-6H3,(H2,25,26,27);1-2H2,(H,5,7). The van der Waals surface area contributed by atoms with E-state index in [0.717, 1.165) is 12.8 Å². The molecule has 10 heteroatoms. The van der Waals surface area contributed by atoms with Crippen molar-refractivity contribution in [3.63, 3.8) is 0 Å². The zero-order valence-electron chi connectivity index (χ0n) is 22.0. The number of hydrogen-bond donors (Lipinski definition) is 3. The monoisotopic (exact) mass is 513 g/mol. The van der Waals surface area contributed by atoms with Gasteiger partial charge in [-0.15, -0.1) is 0 Å². The lowest BCUT2D eigenvalue weighted by Gasteiger charge is -2.19. The first kappa shape index (κ1) is 29.2. The molecule has 1 aromatic heterocycles. The Morgan fingerprint density at radius 1 is 1.11 bits per heavy atom. The number of Topliss-reactive ketones (excluding diaryl/α,β-unsaturated/α-hetero) is 1. The van der Waals surface area contributed by atoms with Crippen LogP contribution in [0.3, 0.4) is 0 Å². The van der Waals surface area contributed by atoms with Gasteiger partial charge in [0.2, 0.25) is 11.8 Å². The van der Waals surface area contributed by atoms with Gasteiger partial charge in [-0.3, -0.25) is 19.4 Å². The molecule has 0 unspecified atom stereocenters. The molecule has 0 radical (unpaired) electrons. The predicted octanol–water partition coefficient (Wildman–Crippen LogP) is 3.50. The van der Waals surface area contributed by atoms with Crippen molar-refractivity contribution >= 4 is 17.6 Å². The van der Waals surface area contributed by atoms with Crippen LogP contribution in [-0.4, -0.2) is 55.5 Å². The fourth-order valence-electron chi connectivity index (χ4n) is 3.66. The Kier molecular flexibility index (Phi) is 10.9. The van der Waals surface area contributed by atoms with Gasteiger partial charge in [0.05, 0.1) is 44.1 Å². The number of carbonyl (C=O) groups is 2. The van der Waals surface area contributed by atoms with Crippen LogP contribution in [-0.2, 0) is 20.7 Å². The molecule has 3 N–H and O–H groups in total. The molecule has 0 spiro atoms. The quantitative estimate of drug-likeness (QED) is 0.202. The largest absolute Gasteiger partial charge is 0.506 e. The number of aromatic amines is 1. The van der Waals surface area contributed by atoms with E-state index < -0.39 is 5.56 Å². The first-order valence-corrected chi connectivity index (χ1v) is 12.0. The normalized spacial score (nSPS) is 12.9. The lowest BCUT2D eigenvalue weighted by Crippen LogP contribution is -2.23. The fraction of sp³-hybridized carbons (Fsp3) is 0.407. The number of nitrogens with zero attached hydrogens (tertiary/aromatic N) is 1. The minimum absolute atomic E-state index is 0.00208. The van der Waals surface area contributed by atoms with Crippen LogP contribution in [0.15, 0.2) is 40.3 Å². The molecule has 1 aromatic carbocycles. The number of unbranched alkanes of at least 4 members (excludes halogenated alkanes) is 1. The van der Waals surface area contributed by atoms with Crippen LogP contribution >= 0.6 is 0 Å². The molecular weight excluding hydrogens is 478 g/mol. The van der Waals surface area contributed by atoms with Crippen molar-refractivity contribution in [1.82, 2.24) is 10.3 Å². The number of aromatic hydroxyl groups is 1. The molecule has 37 heavy (non-hydrogen) atoms. The maximum Gasteiger partial charge on any atom is 0.264 e. The van der Waals surface area contributed by atoms with E-state index in [-0.39, 0.29) is 41.9 Å². The highest BCUT2D eigenvalue weighted by atomic mass is 16.5. The Morgan fingerprint density at radius 2 is 1.76 bits per heavy atom. The summed E-state index contributed by atoms with van der Waals surface area (Å²) in [7, 11) is 4.58. The molecule has 0 bridgehead atoms. The highest BCUT2D eigenvalue weighted by Crippen LogP contribution is 2.44. The summed E-state index contributed by atoms with van der Waals surface area (Å²) in [4.78, 5) is 40.2. The van der Waals surface area contributed by atoms with Crippen molar-refractivity contribution in [3.8, 4) is 28.4 Å². The van der Waals surface area contributed by atoms with Gasteiger partial charge in [0.25, 0.3) is 5.56 Å². The summed E-state index contributed by atoms with van der Waals surface area (Å²) in [6.45, 7) is 7.97. The van der Waals surface area contributed by atoms with E-state index in [1.165, 1.54) is 7.05 Å². The van der Waals surface area contributed by atoms with Gasteiger partial charge in [0, 0.05) is 19.2 Å². The van der Waals surface area contributed by atoms with Gasteiger partial charge in [-0.25, -0.2) is 0 Å². The Morgan fingerprint density at radius 3 is 2.19 bits per heavy atom. The first-order chi connectivity index (χ1) is 17.7. The number of hydrogen-bond acceptors (Lipinski definition) is 8. The molecule has 1 saturated heterocycles. The molecule has 3 rings (SSSR count). The molecule has 10 nitrogen and oxygen atoms in total. The predicted molar refractivity (Wildman–Crippen MR) is 141 cm³/mol. The van der Waals surface area contributed by atoms with Crippen LogP contribution in [0, 0.1) is 0 Å². The maximum atomic E-state index is 12.9. The Hall–Kier alpha value is -4.08. The van der Waals surface area contributed by atoms with E-state index in [2.05, 4.69) is 28.8 Å². The zero-order valence-corrected chi connectivity index (χ0v) is 22.0. The maximum absolute atomic E-state index is 12.9. The molecule has 1 aliphatic rings. The van der Waals surface area contributed by atoms with Crippen LogP contribution in [0.5, 0.6) is 17.2 Å². The smallest absolute Gasteiger partial charge is 0.264 e. The number of nitrogens with one attached hydrogen (secondary N) is 2. The topological polar surface area (TPSA) is 139 Å². The number of aliphatic imine (C=N–C) groups is 1. The molecular formula is C27H35N3O7. The van der Waals surface area contributed by atoms with Crippen LogP contribution in [0.25, 0.3) is 11.1 Å². The van der Waals surface area contributed by atoms with Crippen molar-refractivity contribution in [2.24, 2.45) is 4.99 Å². The average molecular weight is 514 g/mol. The van der Waals surface area contributed by atoms with E-state index in [9.17, 15) is 19.5 Å². The minimum Gasteiger partial charge on any atom is -0.506 e. The number of ether oxygens (including phenoxy) is 3. The van der Waals surface area contributed by atoms with Gasteiger partial charge >= 0.3 is 0 Å². The van der Waals surface area contributed by atoms with Crippen LogP contribution < -0.4 is 20.3 Å². The lowest BCUT2D eigenvalue weighted by atomic mass is 9.95. The van der Waals surface area contributed by atoms with Gasteiger partial charge < -0.3 is 29.6 Å². The number of aromatic nitrogens is 1. The molecule has 1 amide bonds. The first-order valence-electron chi connectivity index (χ1n) is 12.0. The third-order valence-electron chi connectivity index (χ3n) is 5.62. The number of allylic oxidation sites excluding steroid dienone is 1. The number of ketones is 1. The summed E-state index contributed by atoms with van der Waals surface area (Å²) in [6, 6.07) is 5.34. The average Bonchev–Trinajstić information content (AvgIpc) is 3.28. The highest BCUT2D eigenvalue weighted by Gasteiger charge is 2.27. The van der Waals surface area contributed by atoms with E-state index >= 15 is 0 Å². The number of methoxy groups -OCH3 is 2. The van der Waals surface area contributed by atoms with Gasteiger partial charge in [0.1, 0.15) is 22.8 Å². The number of H-pyrrole nitrogens is 1. The van der Waals surface area contributed by atoms with Crippen molar-refractivity contribution < 1.29 is 28.9 Å². The molecule has 2 heterocycles. The third-order valence-corrected chi connectivity index (χ3v) is 5.62. The van der Waals surface area contributed by atoms with E-state index in [1.807, 2.05) is 6.92 Å².